The summed E-state index contributed by atoms with van der Waals surface area (Å²) in [6.45, 7) is 4.73. The molecule has 0 saturated carbocycles. The number of ether oxygens (including phenoxy) is 3. The molecule has 166 valence electrons. The first-order valence-corrected chi connectivity index (χ1v) is 11.2. The van der Waals surface area contributed by atoms with Crippen molar-refractivity contribution in [1.82, 2.24) is 5.32 Å². The topological polar surface area (TPSA) is 73.9 Å². The van der Waals surface area contributed by atoms with Gasteiger partial charge in [-0.25, -0.2) is 9.59 Å². The third-order valence-corrected chi connectivity index (χ3v) is 4.70. The number of esters is 1. The summed E-state index contributed by atoms with van der Waals surface area (Å²) in [5.41, 5.74) is 0. The summed E-state index contributed by atoms with van der Waals surface area (Å²) in [5.74, 6) is -0.428. The monoisotopic (exact) mass is 401 g/mol. The maximum absolute atomic E-state index is 11.8. The van der Waals surface area contributed by atoms with Crippen LogP contribution in [0.4, 0.5) is 4.79 Å². The van der Waals surface area contributed by atoms with Gasteiger partial charge in [0.05, 0.1) is 13.2 Å². The highest BCUT2D eigenvalue weighted by atomic mass is 16.6. The maximum Gasteiger partial charge on any atom is 0.407 e. The summed E-state index contributed by atoms with van der Waals surface area (Å²) in [6, 6.07) is -0.711. The molecule has 1 unspecified atom stereocenters. The molecule has 0 aromatic heterocycles. The Morgan fingerprint density at radius 1 is 0.714 bits per heavy atom. The second-order valence-electron chi connectivity index (χ2n) is 7.40. The number of hydrogen-bond acceptors (Lipinski definition) is 5. The van der Waals surface area contributed by atoms with Crippen LogP contribution in [0.2, 0.25) is 0 Å². The van der Waals surface area contributed by atoms with E-state index in [1.54, 1.807) is 6.92 Å². The number of carbonyl (C=O) groups is 2. The predicted molar refractivity (Wildman–Crippen MR) is 112 cm³/mol. The van der Waals surface area contributed by atoms with Crippen LogP contribution in [-0.4, -0.2) is 45.0 Å². The van der Waals surface area contributed by atoms with E-state index in [0.29, 0.717) is 13.2 Å². The minimum Gasteiger partial charge on any atom is -0.464 e. The van der Waals surface area contributed by atoms with Crippen molar-refractivity contribution in [3.63, 3.8) is 0 Å². The SMILES string of the molecule is CCCCCCCCCCCCCCCOC(=O)C(C)NC(=O)OCCOC. The Balaban J connectivity index is 3.38. The highest BCUT2D eigenvalue weighted by molar-refractivity contribution is 5.80. The molecule has 0 aliphatic rings. The lowest BCUT2D eigenvalue weighted by Gasteiger charge is -2.13. The molecule has 0 rings (SSSR count). The van der Waals surface area contributed by atoms with E-state index < -0.39 is 18.1 Å². The molecule has 0 aromatic carbocycles. The molecule has 0 fully saturated rings. The zero-order chi connectivity index (χ0) is 20.9. The van der Waals surface area contributed by atoms with Gasteiger partial charge in [-0.15, -0.1) is 0 Å². The number of carbonyl (C=O) groups excluding carboxylic acids is 2. The van der Waals surface area contributed by atoms with E-state index in [9.17, 15) is 9.59 Å². The van der Waals surface area contributed by atoms with Gasteiger partial charge in [-0.1, -0.05) is 84.0 Å². The second-order valence-corrected chi connectivity index (χ2v) is 7.40. The maximum atomic E-state index is 11.8. The summed E-state index contributed by atoms with van der Waals surface area (Å²) in [5, 5.41) is 2.45. The van der Waals surface area contributed by atoms with Crippen LogP contribution in [0, 0.1) is 0 Å². The van der Waals surface area contributed by atoms with Crippen molar-refractivity contribution in [3.05, 3.63) is 0 Å². The molecule has 0 saturated heterocycles. The normalized spacial score (nSPS) is 11.8. The Morgan fingerprint density at radius 3 is 1.71 bits per heavy atom. The minimum absolute atomic E-state index is 0.156. The zero-order valence-electron chi connectivity index (χ0n) is 18.4. The largest absolute Gasteiger partial charge is 0.464 e. The van der Waals surface area contributed by atoms with Gasteiger partial charge in [0, 0.05) is 7.11 Å². The molecule has 0 aliphatic carbocycles. The average Bonchev–Trinajstić information content (AvgIpc) is 2.68. The van der Waals surface area contributed by atoms with Crippen molar-refractivity contribution in [2.75, 3.05) is 26.9 Å². The van der Waals surface area contributed by atoms with E-state index in [0.717, 1.165) is 12.8 Å². The molecule has 0 aromatic rings. The van der Waals surface area contributed by atoms with E-state index in [2.05, 4.69) is 12.2 Å². The number of alkyl carbamates (subject to hydrolysis) is 1. The molecular weight excluding hydrogens is 358 g/mol. The fourth-order valence-electron chi connectivity index (χ4n) is 2.91. The van der Waals surface area contributed by atoms with Gasteiger partial charge in [-0.05, 0) is 13.3 Å². The van der Waals surface area contributed by atoms with E-state index >= 15 is 0 Å². The lowest BCUT2D eigenvalue weighted by molar-refractivity contribution is -0.145. The van der Waals surface area contributed by atoms with Crippen LogP contribution in [-0.2, 0) is 19.0 Å². The summed E-state index contributed by atoms with van der Waals surface area (Å²) in [4.78, 5) is 23.2. The molecule has 6 nitrogen and oxygen atoms in total. The first-order valence-electron chi connectivity index (χ1n) is 11.2. The van der Waals surface area contributed by atoms with Crippen molar-refractivity contribution >= 4 is 12.1 Å². The Bertz CT molecular complexity index is 376. The van der Waals surface area contributed by atoms with Crippen LogP contribution in [0.15, 0.2) is 0 Å². The van der Waals surface area contributed by atoms with Gasteiger partial charge in [-0.3, -0.25) is 0 Å². The molecule has 0 radical (unpaired) electrons. The molecule has 0 spiro atoms. The molecule has 6 heteroatoms. The Hall–Kier alpha value is -1.30. The summed E-state index contributed by atoms with van der Waals surface area (Å²) in [6.07, 6.45) is 16.0. The fraction of sp³-hybridized carbons (Fsp3) is 0.909. The summed E-state index contributed by atoms with van der Waals surface area (Å²) >= 11 is 0. The van der Waals surface area contributed by atoms with Gasteiger partial charge < -0.3 is 19.5 Å². The van der Waals surface area contributed by atoms with Crippen molar-refractivity contribution in [2.45, 2.75) is 103 Å². The molecule has 1 amide bonds. The number of rotatable bonds is 19. The van der Waals surface area contributed by atoms with E-state index in [-0.39, 0.29) is 6.61 Å². The Morgan fingerprint density at radius 2 is 1.21 bits per heavy atom. The summed E-state index contributed by atoms with van der Waals surface area (Å²) < 4.78 is 14.8. The van der Waals surface area contributed by atoms with E-state index in [4.69, 9.17) is 14.2 Å². The van der Waals surface area contributed by atoms with Crippen LogP contribution < -0.4 is 5.32 Å². The third-order valence-electron chi connectivity index (χ3n) is 4.70. The third kappa shape index (κ3) is 18.1. The van der Waals surface area contributed by atoms with Crippen molar-refractivity contribution in [1.29, 1.82) is 0 Å². The lowest BCUT2D eigenvalue weighted by Crippen LogP contribution is -2.40. The number of hydrogen-bond donors (Lipinski definition) is 1. The molecule has 0 aliphatic heterocycles. The van der Waals surface area contributed by atoms with Gasteiger partial charge >= 0.3 is 12.1 Å². The molecular formula is C22H43NO5. The van der Waals surface area contributed by atoms with Gasteiger partial charge in [0.2, 0.25) is 0 Å². The zero-order valence-corrected chi connectivity index (χ0v) is 18.4. The van der Waals surface area contributed by atoms with E-state index in [1.807, 2.05) is 0 Å². The first kappa shape index (κ1) is 26.7. The quantitative estimate of drug-likeness (QED) is 0.232. The summed E-state index contributed by atoms with van der Waals surface area (Å²) in [7, 11) is 1.53. The van der Waals surface area contributed by atoms with Crippen molar-refractivity contribution in [3.8, 4) is 0 Å². The van der Waals surface area contributed by atoms with Gasteiger partial charge in [-0.2, -0.15) is 0 Å². The van der Waals surface area contributed by atoms with Gasteiger partial charge in [0.1, 0.15) is 12.6 Å². The lowest BCUT2D eigenvalue weighted by atomic mass is 10.0. The molecule has 1 atom stereocenters. The number of amides is 1. The van der Waals surface area contributed by atoms with Crippen LogP contribution >= 0.6 is 0 Å². The fourth-order valence-corrected chi connectivity index (χ4v) is 2.91. The van der Waals surface area contributed by atoms with E-state index in [1.165, 1.54) is 77.7 Å². The molecule has 28 heavy (non-hydrogen) atoms. The van der Waals surface area contributed by atoms with Crippen LogP contribution in [0.1, 0.15) is 97.3 Å². The smallest absolute Gasteiger partial charge is 0.407 e. The molecule has 0 heterocycles. The number of unbranched alkanes of at least 4 members (excludes halogenated alkanes) is 12. The highest BCUT2D eigenvalue weighted by Crippen LogP contribution is 2.12. The Kier molecular flexibility index (Phi) is 19.5. The van der Waals surface area contributed by atoms with Gasteiger partial charge in [0.15, 0.2) is 0 Å². The molecule has 1 N–H and O–H groups in total. The molecule has 0 bridgehead atoms. The van der Waals surface area contributed by atoms with Crippen LogP contribution in [0.25, 0.3) is 0 Å². The van der Waals surface area contributed by atoms with Crippen LogP contribution in [0.5, 0.6) is 0 Å². The van der Waals surface area contributed by atoms with Crippen LogP contribution in [0.3, 0.4) is 0 Å². The minimum atomic E-state index is -0.711. The standard InChI is InChI=1S/C22H43NO5/c1-4-5-6-7-8-9-10-11-12-13-14-15-16-17-27-21(24)20(2)23-22(25)28-19-18-26-3/h20H,4-19H2,1-3H3,(H,23,25). The van der Waals surface area contributed by atoms with Crippen molar-refractivity contribution in [2.24, 2.45) is 0 Å². The predicted octanol–water partition coefficient (Wildman–Crippen LogP) is 5.38. The first-order chi connectivity index (χ1) is 13.6. The Labute approximate surface area is 172 Å². The number of nitrogens with one attached hydrogen (secondary N) is 1. The average molecular weight is 402 g/mol. The second kappa shape index (κ2) is 20.4. The van der Waals surface area contributed by atoms with Crippen molar-refractivity contribution < 1.29 is 23.8 Å². The highest BCUT2D eigenvalue weighted by Gasteiger charge is 2.17. The van der Waals surface area contributed by atoms with Gasteiger partial charge in [0.25, 0.3) is 0 Å². The number of methoxy groups -OCH3 is 1.